The summed E-state index contributed by atoms with van der Waals surface area (Å²) in [6.45, 7) is 10.9. The first-order valence-corrected chi connectivity index (χ1v) is 9.81. The van der Waals surface area contributed by atoms with Gasteiger partial charge in [0.15, 0.2) is 0 Å². The Morgan fingerprint density at radius 3 is 1.32 bits per heavy atom. The molecule has 19 heavy (non-hydrogen) atoms. The first-order chi connectivity index (χ1) is 9.24. The Hall–Kier alpha value is 0.0969. The number of hydrogen-bond donors (Lipinski definition) is 0. The van der Waals surface area contributed by atoms with Crippen molar-refractivity contribution in [3.8, 4) is 0 Å². The van der Waals surface area contributed by atoms with Crippen molar-refractivity contribution in [3.05, 3.63) is 6.04 Å². The predicted molar refractivity (Wildman–Crippen MR) is 82.9 cm³/mol. The van der Waals surface area contributed by atoms with E-state index in [-0.39, 0.29) is 0 Å². The molecule has 0 fully saturated rings. The van der Waals surface area contributed by atoms with Gasteiger partial charge in [0.2, 0.25) is 0 Å². The molecular weight excluding hydrogens is 256 g/mol. The molecule has 0 bridgehead atoms. The summed E-state index contributed by atoms with van der Waals surface area (Å²) in [5.74, 6) is 0. The van der Waals surface area contributed by atoms with Crippen LogP contribution in [0.25, 0.3) is 0 Å². The second kappa shape index (κ2) is 13.1. The molecule has 0 rings (SSSR count). The summed E-state index contributed by atoms with van der Waals surface area (Å²) >= 11 is 0. The number of hydrogen-bond acceptors (Lipinski definition) is 3. The average molecular weight is 290 g/mol. The van der Waals surface area contributed by atoms with Crippen LogP contribution in [0.1, 0.15) is 72.6 Å². The molecule has 0 spiro atoms. The summed E-state index contributed by atoms with van der Waals surface area (Å²) in [4.78, 5) is 0. The predicted octanol–water partition coefficient (Wildman–Crippen LogP) is 4.53. The van der Waals surface area contributed by atoms with Crippen LogP contribution in [0.2, 0.25) is 0 Å². The molecule has 0 unspecified atom stereocenters. The van der Waals surface area contributed by atoms with E-state index in [4.69, 9.17) is 13.3 Å². The topological polar surface area (TPSA) is 27.7 Å². The zero-order valence-electron chi connectivity index (χ0n) is 13.4. The average Bonchev–Trinajstić information content (AvgIpc) is 2.40. The smallest absolute Gasteiger partial charge is 0.373 e. The fraction of sp³-hybridized carbons (Fsp3) is 0.933. The van der Waals surface area contributed by atoms with Gasteiger partial charge in [-0.05, 0) is 25.7 Å². The van der Waals surface area contributed by atoms with E-state index in [2.05, 4.69) is 33.7 Å². The third-order valence-electron chi connectivity index (χ3n) is 2.86. The molecule has 0 aromatic rings. The first kappa shape index (κ1) is 19.1. The second-order valence-electron chi connectivity index (χ2n) is 4.82. The molecule has 0 N–H and O–H groups in total. The molecule has 0 aliphatic carbocycles. The molecule has 3 nitrogen and oxygen atoms in total. The van der Waals surface area contributed by atoms with Crippen molar-refractivity contribution in [2.75, 3.05) is 19.8 Å². The van der Waals surface area contributed by atoms with Crippen LogP contribution in [0.3, 0.4) is 0 Å². The molecule has 0 saturated carbocycles. The van der Waals surface area contributed by atoms with E-state index in [0.29, 0.717) is 0 Å². The van der Waals surface area contributed by atoms with E-state index in [1.165, 1.54) is 0 Å². The molecule has 0 aliphatic rings. The lowest BCUT2D eigenvalue weighted by molar-refractivity contribution is 0.0634. The van der Waals surface area contributed by atoms with Crippen molar-refractivity contribution >= 4 is 8.80 Å². The van der Waals surface area contributed by atoms with E-state index in [9.17, 15) is 0 Å². The van der Waals surface area contributed by atoms with Gasteiger partial charge in [-0.2, -0.15) is 0 Å². The molecule has 0 heterocycles. The zero-order chi connectivity index (χ0) is 14.4. The van der Waals surface area contributed by atoms with Crippen LogP contribution < -0.4 is 0 Å². The fourth-order valence-electron chi connectivity index (χ4n) is 1.63. The molecule has 0 saturated heterocycles. The van der Waals surface area contributed by atoms with E-state index in [0.717, 1.165) is 64.8 Å². The van der Waals surface area contributed by atoms with Gasteiger partial charge in [0.1, 0.15) is 0 Å². The van der Waals surface area contributed by atoms with Crippen LogP contribution in [-0.2, 0) is 13.3 Å². The normalized spacial score (nSPS) is 12.0. The van der Waals surface area contributed by atoms with Gasteiger partial charge in [-0.25, -0.2) is 0 Å². The van der Waals surface area contributed by atoms with Gasteiger partial charge in [0.25, 0.3) is 0 Å². The van der Waals surface area contributed by atoms with Crippen molar-refractivity contribution in [2.45, 2.75) is 72.6 Å². The Balaban J connectivity index is 4.37. The Labute approximate surface area is 121 Å². The summed E-state index contributed by atoms with van der Waals surface area (Å²) in [5.41, 5.74) is 0. The van der Waals surface area contributed by atoms with Crippen LogP contribution in [-0.4, -0.2) is 28.6 Å². The Morgan fingerprint density at radius 1 is 0.684 bits per heavy atom. The van der Waals surface area contributed by atoms with Gasteiger partial charge >= 0.3 is 8.80 Å². The Kier molecular flexibility index (Phi) is 13.2. The summed E-state index contributed by atoms with van der Waals surface area (Å²) in [6.07, 6.45) is 7.57. The summed E-state index contributed by atoms with van der Waals surface area (Å²) < 4.78 is 18.1. The maximum Gasteiger partial charge on any atom is 0.504 e. The molecule has 0 atom stereocenters. The second-order valence-corrected chi connectivity index (χ2v) is 7.30. The molecular formula is C15H33O3Si. The molecule has 0 aromatic carbocycles. The van der Waals surface area contributed by atoms with Crippen molar-refractivity contribution < 1.29 is 13.3 Å². The molecule has 0 aromatic heterocycles. The highest BCUT2D eigenvalue weighted by Gasteiger charge is 2.40. The lowest BCUT2D eigenvalue weighted by atomic mass is 10.4. The zero-order valence-corrected chi connectivity index (χ0v) is 14.4. The van der Waals surface area contributed by atoms with Crippen LogP contribution in [0.4, 0.5) is 0 Å². The maximum atomic E-state index is 6.04. The van der Waals surface area contributed by atoms with Gasteiger partial charge in [-0.3, -0.25) is 0 Å². The minimum absolute atomic E-state index is 0.747. The lowest BCUT2D eigenvalue weighted by Crippen LogP contribution is -2.47. The van der Waals surface area contributed by atoms with Gasteiger partial charge in [0, 0.05) is 25.9 Å². The van der Waals surface area contributed by atoms with E-state index in [1.807, 2.05) is 0 Å². The summed E-state index contributed by atoms with van der Waals surface area (Å²) in [5, 5.41) is 0. The fourth-order valence-corrected chi connectivity index (χ4v) is 4.02. The molecule has 1 radical (unpaired) electrons. The van der Waals surface area contributed by atoms with Crippen LogP contribution in [0.15, 0.2) is 0 Å². The maximum absolute atomic E-state index is 6.04. The minimum atomic E-state index is -2.53. The van der Waals surface area contributed by atoms with Crippen LogP contribution in [0.5, 0.6) is 0 Å². The Bertz CT molecular complexity index is 162. The Morgan fingerprint density at radius 2 is 1.05 bits per heavy atom. The number of unbranched alkanes of at least 4 members (excludes halogenated alkanes) is 3. The molecule has 4 heteroatoms. The van der Waals surface area contributed by atoms with Gasteiger partial charge < -0.3 is 13.3 Å². The largest absolute Gasteiger partial charge is 0.504 e. The van der Waals surface area contributed by atoms with Crippen molar-refractivity contribution in [2.24, 2.45) is 0 Å². The highest BCUT2D eigenvalue weighted by molar-refractivity contribution is 6.64. The molecule has 0 aliphatic heterocycles. The summed E-state index contributed by atoms with van der Waals surface area (Å²) in [7, 11) is -2.53. The third-order valence-corrected chi connectivity index (χ3v) is 5.59. The van der Waals surface area contributed by atoms with Gasteiger partial charge in [-0.15, -0.1) is 0 Å². The first-order valence-electron chi connectivity index (χ1n) is 8.00. The monoisotopic (exact) mass is 289 g/mol. The number of rotatable bonds is 14. The van der Waals surface area contributed by atoms with Gasteiger partial charge in [-0.1, -0.05) is 47.0 Å². The van der Waals surface area contributed by atoms with E-state index >= 15 is 0 Å². The van der Waals surface area contributed by atoms with Crippen molar-refractivity contribution in [1.29, 1.82) is 0 Å². The highest BCUT2D eigenvalue weighted by atomic mass is 28.4. The standard InChI is InChI=1S/C15H33O3Si/c1-5-9-12-16-19(15-8-4,17-13-10-6-2)18-14-11-7-3/h15H,5-14H2,1-4H3. The quantitative estimate of drug-likeness (QED) is 0.347. The van der Waals surface area contributed by atoms with Crippen molar-refractivity contribution in [1.82, 2.24) is 0 Å². The van der Waals surface area contributed by atoms with Crippen molar-refractivity contribution in [3.63, 3.8) is 0 Å². The molecule has 115 valence electrons. The minimum Gasteiger partial charge on any atom is -0.373 e. The lowest BCUT2D eigenvalue weighted by Gasteiger charge is -2.29. The van der Waals surface area contributed by atoms with E-state index < -0.39 is 8.80 Å². The SMILES string of the molecule is CC[CH][Si](OCCCC)(OCCCC)OCCCC. The summed E-state index contributed by atoms with van der Waals surface area (Å²) in [6, 6.07) is 2.15. The van der Waals surface area contributed by atoms with E-state index in [1.54, 1.807) is 0 Å². The van der Waals surface area contributed by atoms with Gasteiger partial charge in [0.05, 0.1) is 0 Å². The molecule has 0 amide bonds. The van der Waals surface area contributed by atoms with Crippen LogP contribution >= 0.6 is 0 Å². The highest BCUT2D eigenvalue weighted by Crippen LogP contribution is 2.18. The van der Waals surface area contributed by atoms with Crippen LogP contribution in [0, 0.1) is 6.04 Å². The third kappa shape index (κ3) is 9.60.